The molecule has 156 valence electrons. The van der Waals surface area contributed by atoms with E-state index in [0.29, 0.717) is 34.0 Å². The fraction of sp³-hybridized carbons (Fsp3) is 0.167. The standard InChI is InChI=1S/C24H22N4O3/c1-4-15-11-17(22(31-14(2)29)12-21(15)30-3)23-18(13-26-24(25)28-23)20-10-9-16-7-5-6-8-19(16)27-20/h5-13H,4H2,1-3H3,(H2,25,26,28). The second-order valence-corrected chi connectivity index (χ2v) is 6.99. The molecule has 0 aliphatic rings. The minimum Gasteiger partial charge on any atom is -0.496 e. The van der Waals surface area contributed by atoms with Gasteiger partial charge in [-0.2, -0.15) is 0 Å². The van der Waals surface area contributed by atoms with Gasteiger partial charge in [-0.15, -0.1) is 0 Å². The third-order valence-electron chi connectivity index (χ3n) is 4.95. The van der Waals surface area contributed by atoms with Crippen molar-refractivity contribution in [1.82, 2.24) is 15.0 Å². The van der Waals surface area contributed by atoms with E-state index in [1.54, 1.807) is 19.4 Å². The van der Waals surface area contributed by atoms with Crippen molar-refractivity contribution in [3.63, 3.8) is 0 Å². The fourth-order valence-electron chi connectivity index (χ4n) is 3.50. The highest BCUT2D eigenvalue weighted by Crippen LogP contribution is 2.40. The number of ether oxygens (including phenoxy) is 2. The summed E-state index contributed by atoms with van der Waals surface area (Å²) in [5.74, 6) is 0.638. The molecule has 7 nitrogen and oxygen atoms in total. The summed E-state index contributed by atoms with van der Waals surface area (Å²) in [6.07, 6.45) is 2.36. The lowest BCUT2D eigenvalue weighted by molar-refractivity contribution is -0.131. The molecular weight excluding hydrogens is 392 g/mol. The Bertz CT molecular complexity index is 1290. The van der Waals surface area contributed by atoms with Crippen LogP contribution in [0.5, 0.6) is 11.5 Å². The Morgan fingerprint density at radius 3 is 2.58 bits per heavy atom. The number of rotatable bonds is 5. The number of hydrogen-bond donors (Lipinski definition) is 1. The summed E-state index contributed by atoms with van der Waals surface area (Å²) in [5.41, 5.74) is 10.3. The first-order valence-electron chi connectivity index (χ1n) is 9.88. The van der Waals surface area contributed by atoms with E-state index in [4.69, 9.17) is 20.2 Å². The molecule has 31 heavy (non-hydrogen) atoms. The Hall–Kier alpha value is -4.00. The molecule has 0 unspecified atom stereocenters. The van der Waals surface area contributed by atoms with Gasteiger partial charge in [-0.3, -0.25) is 4.79 Å². The van der Waals surface area contributed by atoms with Gasteiger partial charge in [0, 0.05) is 35.7 Å². The van der Waals surface area contributed by atoms with Crippen LogP contribution in [0.4, 0.5) is 5.95 Å². The number of hydrogen-bond acceptors (Lipinski definition) is 7. The van der Waals surface area contributed by atoms with Crippen molar-refractivity contribution in [2.75, 3.05) is 12.8 Å². The van der Waals surface area contributed by atoms with Crippen molar-refractivity contribution in [3.05, 3.63) is 60.3 Å². The van der Waals surface area contributed by atoms with Crippen LogP contribution in [0, 0.1) is 0 Å². The van der Waals surface area contributed by atoms with Crippen LogP contribution in [0.3, 0.4) is 0 Å². The second-order valence-electron chi connectivity index (χ2n) is 6.99. The van der Waals surface area contributed by atoms with Gasteiger partial charge < -0.3 is 15.2 Å². The van der Waals surface area contributed by atoms with E-state index in [1.165, 1.54) is 6.92 Å². The molecule has 7 heteroatoms. The topological polar surface area (TPSA) is 100 Å². The van der Waals surface area contributed by atoms with Gasteiger partial charge in [0.05, 0.1) is 24.0 Å². The lowest BCUT2D eigenvalue weighted by Gasteiger charge is -2.16. The van der Waals surface area contributed by atoms with Crippen LogP contribution in [-0.2, 0) is 11.2 Å². The summed E-state index contributed by atoms with van der Waals surface area (Å²) in [4.78, 5) is 25.2. The Labute approximate surface area is 179 Å². The van der Waals surface area contributed by atoms with Crippen molar-refractivity contribution in [2.45, 2.75) is 20.3 Å². The Balaban J connectivity index is 1.97. The molecule has 0 saturated heterocycles. The first-order valence-corrected chi connectivity index (χ1v) is 9.88. The van der Waals surface area contributed by atoms with E-state index >= 15 is 0 Å². The van der Waals surface area contributed by atoms with E-state index in [9.17, 15) is 4.79 Å². The highest BCUT2D eigenvalue weighted by molar-refractivity contribution is 5.88. The molecule has 4 aromatic rings. The van der Waals surface area contributed by atoms with Crippen molar-refractivity contribution in [3.8, 4) is 34.0 Å². The number of benzene rings is 2. The first kappa shape index (κ1) is 20.3. The summed E-state index contributed by atoms with van der Waals surface area (Å²) in [6, 6.07) is 15.4. The molecule has 4 rings (SSSR count). The summed E-state index contributed by atoms with van der Waals surface area (Å²) < 4.78 is 11.0. The minimum atomic E-state index is -0.444. The molecule has 0 atom stereocenters. The Kier molecular flexibility index (Phi) is 5.49. The van der Waals surface area contributed by atoms with E-state index < -0.39 is 5.97 Å². The summed E-state index contributed by atoms with van der Waals surface area (Å²) >= 11 is 0. The van der Waals surface area contributed by atoms with E-state index in [2.05, 4.69) is 9.97 Å². The van der Waals surface area contributed by atoms with Crippen LogP contribution in [0.1, 0.15) is 19.4 Å². The van der Waals surface area contributed by atoms with Crippen molar-refractivity contribution in [1.29, 1.82) is 0 Å². The highest BCUT2D eigenvalue weighted by Gasteiger charge is 2.20. The largest absolute Gasteiger partial charge is 0.496 e. The number of esters is 1. The Morgan fingerprint density at radius 2 is 1.84 bits per heavy atom. The van der Waals surface area contributed by atoms with Crippen LogP contribution in [0.25, 0.3) is 33.4 Å². The summed E-state index contributed by atoms with van der Waals surface area (Å²) in [7, 11) is 1.58. The maximum Gasteiger partial charge on any atom is 0.308 e. The van der Waals surface area contributed by atoms with Crippen LogP contribution in [0.15, 0.2) is 54.7 Å². The van der Waals surface area contributed by atoms with Crippen molar-refractivity contribution < 1.29 is 14.3 Å². The number of pyridine rings is 1. The predicted octanol–water partition coefficient (Wildman–Crippen LogP) is 4.44. The highest BCUT2D eigenvalue weighted by atomic mass is 16.5. The zero-order valence-corrected chi connectivity index (χ0v) is 17.5. The molecule has 0 bridgehead atoms. The van der Waals surface area contributed by atoms with Crippen LogP contribution < -0.4 is 15.2 Å². The van der Waals surface area contributed by atoms with Crippen LogP contribution >= 0.6 is 0 Å². The predicted molar refractivity (Wildman–Crippen MR) is 120 cm³/mol. The van der Waals surface area contributed by atoms with E-state index in [-0.39, 0.29) is 5.95 Å². The number of fused-ring (bicyclic) bond motifs is 1. The molecule has 0 aliphatic heterocycles. The zero-order chi connectivity index (χ0) is 22.0. The summed E-state index contributed by atoms with van der Waals surface area (Å²) in [5, 5.41) is 1.03. The van der Waals surface area contributed by atoms with Gasteiger partial charge in [0.2, 0.25) is 5.95 Å². The first-order chi connectivity index (χ1) is 15.0. The third-order valence-corrected chi connectivity index (χ3v) is 4.95. The molecule has 2 aromatic heterocycles. The number of methoxy groups -OCH3 is 1. The smallest absolute Gasteiger partial charge is 0.308 e. The van der Waals surface area contributed by atoms with Gasteiger partial charge in [0.15, 0.2) is 0 Å². The molecule has 0 radical (unpaired) electrons. The lowest BCUT2D eigenvalue weighted by atomic mass is 9.99. The molecule has 2 N–H and O–H groups in total. The maximum atomic E-state index is 11.8. The molecule has 0 aliphatic carbocycles. The van der Waals surface area contributed by atoms with Gasteiger partial charge in [-0.05, 0) is 30.2 Å². The molecular formula is C24H22N4O3. The average molecular weight is 414 g/mol. The maximum absolute atomic E-state index is 11.8. The van der Waals surface area contributed by atoms with Gasteiger partial charge in [0.1, 0.15) is 11.5 Å². The number of anilines is 1. The number of para-hydroxylation sites is 1. The number of carbonyl (C=O) groups excluding carboxylic acids is 1. The third kappa shape index (κ3) is 4.02. The van der Waals surface area contributed by atoms with Gasteiger partial charge in [-0.1, -0.05) is 31.2 Å². The lowest BCUT2D eigenvalue weighted by Crippen LogP contribution is -2.06. The average Bonchev–Trinajstić information content (AvgIpc) is 2.78. The molecule has 0 saturated carbocycles. The summed E-state index contributed by atoms with van der Waals surface area (Å²) in [6.45, 7) is 3.37. The van der Waals surface area contributed by atoms with Crippen LogP contribution in [0.2, 0.25) is 0 Å². The normalized spacial score (nSPS) is 10.8. The van der Waals surface area contributed by atoms with Gasteiger partial charge >= 0.3 is 5.97 Å². The van der Waals surface area contributed by atoms with Gasteiger partial charge in [0.25, 0.3) is 0 Å². The molecule has 2 heterocycles. The monoisotopic (exact) mass is 414 g/mol. The van der Waals surface area contributed by atoms with E-state index in [0.717, 1.165) is 22.9 Å². The second kappa shape index (κ2) is 8.39. The Morgan fingerprint density at radius 1 is 1.03 bits per heavy atom. The quantitative estimate of drug-likeness (QED) is 0.381. The molecule has 2 aromatic carbocycles. The molecule has 0 fully saturated rings. The number of carbonyl (C=O) groups is 1. The minimum absolute atomic E-state index is 0.113. The number of nitrogens with zero attached hydrogens (tertiary/aromatic N) is 3. The molecule has 0 spiro atoms. The van der Waals surface area contributed by atoms with Crippen LogP contribution in [-0.4, -0.2) is 28.0 Å². The number of nitrogens with two attached hydrogens (primary N) is 1. The molecule has 0 amide bonds. The number of nitrogen functional groups attached to an aromatic ring is 1. The van der Waals surface area contributed by atoms with E-state index in [1.807, 2.05) is 49.4 Å². The fourth-order valence-corrected chi connectivity index (χ4v) is 3.50. The zero-order valence-electron chi connectivity index (χ0n) is 17.5. The van der Waals surface area contributed by atoms with Gasteiger partial charge in [-0.25, -0.2) is 15.0 Å². The van der Waals surface area contributed by atoms with Crippen molar-refractivity contribution in [2.24, 2.45) is 0 Å². The SMILES string of the molecule is CCc1cc(-c2nc(N)ncc2-c2ccc3ccccc3n2)c(OC(C)=O)cc1OC. The number of aryl methyl sites for hydroxylation is 1. The number of aromatic nitrogens is 3. The van der Waals surface area contributed by atoms with Crippen molar-refractivity contribution >= 4 is 22.8 Å².